The summed E-state index contributed by atoms with van der Waals surface area (Å²) in [5, 5.41) is 8.78. The Bertz CT molecular complexity index is 913. The highest BCUT2D eigenvalue weighted by Crippen LogP contribution is 2.34. The van der Waals surface area contributed by atoms with Gasteiger partial charge in [-0.25, -0.2) is 0 Å². The minimum absolute atomic E-state index is 0.133. The number of rotatable bonds is 4. The van der Waals surface area contributed by atoms with E-state index < -0.39 is 0 Å². The molecule has 1 aliphatic heterocycles. The monoisotopic (exact) mass is 365 g/mol. The summed E-state index contributed by atoms with van der Waals surface area (Å²) >= 11 is 1.70. The zero-order valence-corrected chi connectivity index (χ0v) is 16.0. The summed E-state index contributed by atoms with van der Waals surface area (Å²) in [6, 6.07) is 12.4. The molecule has 5 heteroatoms. The zero-order valence-electron chi connectivity index (χ0n) is 15.2. The highest BCUT2D eigenvalue weighted by molar-refractivity contribution is 7.08. The van der Waals surface area contributed by atoms with Gasteiger partial charge in [-0.2, -0.15) is 16.4 Å². The van der Waals surface area contributed by atoms with Crippen molar-refractivity contribution in [3.8, 4) is 0 Å². The van der Waals surface area contributed by atoms with E-state index in [9.17, 15) is 4.79 Å². The van der Waals surface area contributed by atoms with Crippen molar-refractivity contribution in [1.82, 2.24) is 14.7 Å². The van der Waals surface area contributed by atoms with Crippen LogP contribution in [0.5, 0.6) is 0 Å². The van der Waals surface area contributed by atoms with E-state index in [1.54, 1.807) is 11.3 Å². The average molecular weight is 366 g/mol. The van der Waals surface area contributed by atoms with E-state index >= 15 is 0 Å². The Morgan fingerprint density at radius 2 is 2.15 bits per heavy atom. The van der Waals surface area contributed by atoms with Crippen LogP contribution in [0.4, 0.5) is 0 Å². The van der Waals surface area contributed by atoms with Gasteiger partial charge in [0.1, 0.15) is 0 Å². The molecule has 1 aliphatic rings. The summed E-state index contributed by atoms with van der Waals surface area (Å²) in [4.78, 5) is 15.2. The standard InChI is InChI=1S/C21H23N3OS/c1-15-11-16(2)24(22-15)13-17-5-3-6-18(12-17)21(25)23-9-4-7-20(23)19-8-10-26-14-19/h3,5-6,8,10-12,14,20H,4,7,9,13H2,1-2H3. The number of carbonyl (C=O) groups excluding carboxylic acids is 1. The fourth-order valence-corrected chi connectivity index (χ4v) is 4.50. The molecule has 0 spiro atoms. The maximum atomic E-state index is 13.1. The van der Waals surface area contributed by atoms with Gasteiger partial charge in [-0.05, 0) is 72.8 Å². The maximum Gasteiger partial charge on any atom is 0.254 e. The van der Waals surface area contributed by atoms with Crippen LogP contribution in [0, 0.1) is 13.8 Å². The Kier molecular flexibility index (Phi) is 4.64. The molecule has 0 aliphatic carbocycles. The van der Waals surface area contributed by atoms with Gasteiger partial charge in [-0.1, -0.05) is 12.1 Å². The molecule has 1 aromatic carbocycles. The molecule has 0 N–H and O–H groups in total. The number of benzene rings is 1. The fourth-order valence-electron chi connectivity index (χ4n) is 3.80. The number of nitrogens with zero attached hydrogens (tertiary/aromatic N) is 3. The second kappa shape index (κ2) is 7.08. The molecular formula is C21H23N3OS. The van der Waals surface area contributed by atoms with Crippen molar-refractivity contribution in [3.63, 3.8) is 0 Å². The van der Waals surface area contributed by atoms with Gasteiger partial charge in [0.25, 0.3) is 5.91 Å². The lowest BCUT2D eigenvalue weighted by molar-refractivity contribution is 0.0736. The van der Waals surface area contributed by atoms with E-state index in [-0.39, 0.29) is 11.9 Å². The number of thiophene rings is 1. The molecule has 1 fully saturated rings. The van der Waals surface area contributed by atoms with Gasteiger partial charge in [0.05, 0.1) is 18.3 Å². The molecule has 0 bridgehead atoms. The summed E-state index contributed by atoms with van der Waals surface area (Å²) in [7, 11) is 0. The van der Waals surface area contributed by atoms with Gasteiger partial charge in [0.2, 0.25) is 0 Å². The summed E-state index contributed by atoms with van der Waals surface area (Å²) < 4.78 is 1.99. The van der Waals surface area contributed by atoms with Crippen molar-refractivity contribution in [2.24, 2.45) is 0 Å². The summed E-state index contributed by atoms with van der Waals surface area (Å²) in [6.07, 6.45) is 2.12. The predicted octanol–water partition coefficient (Wildman–Crippen LogP) is 4.59. The third-order valence-corrected chi connectivity index (χ3v) is 5.75. The summed E-state index contributed by atoms with van der Waals surface area (Å²) in [5.74, 6) is 0.133. The van der Waals surface area contributed by atoms with Crippen LogP contribution >= 0.6 is 11.3 Å². The number of carbonyl (C=O) groups is 1. The van der Waals surface area contributed by atoms with Crippen molar-refractivity contribution in [2.45, 2.75) is 39.3 Å². The molecule has 4 rings (SSSR count). The van der Waals surface area contributed by atoms with E-state index in [4.69, 9.17) is 0 Å². The Hall–Kier alpha value is -2.40. The lowest BCUT2D eigenvalue weighted by atomic mass is 10.1. The van der Waals surface area contributed by atoms with Crippen LogP contribution < -0.4 is 0 Å². The first-order valence-corrected chi connectivity index (χ1v) is 9.99. The van der Waals surface area contributed by atoms with Gasteiger partial charge in [-0.15, -0.1) is 0 Å². The number of aromatic nitrogens is 2. The first-order valence-electron chi connectivity index (χ1n) is 9.05. The summed E-state index contributed by atoms with van der Waals surface area (Å²) in [5.41, 5.74) is 5.29. The molecule has 4 nitrogen and oxygen atoms in total. The van der Waals surface area contributed by atoms with Crippen LogP contribution in [-0.4, -0.2) is 27.1 Å². The molecule has 134 valence electrons. The third-order valence-electron chi connectivity index (χ3n) is 5.05. The van der Waals surface area contributed by atoms with Crippen molar-refractivity contribution in [3.05, 3.63) is 75.2 Å². The second-order valence-corrected chi connectivity index (χ2v) is 7.78. The molecule has 1 saturated heterocycles. The van der Waals surface area contributed by atoms with Crippen molar-refractivity contribution in [2.75, 3.05) is 6.54 Å². The van der Waals surface area contributed by atoms with E-state index in [1.807, 2.05) is 34.7 Å². The maximum absolute atomic E-state index is 13.1. The van der Waals surface area contributed by atoms with Gasteiger partial charge in [0, 0.05) is 17.8 Å². The topological polar surface area (TPSA) is 38.1 Å². The molecular weight excluding hydrogens is 342 g/mol. The molecule has 1 atom stereocenters. The molecule has 26 heavy (non-hydrogen) atoms. The van der Waals surface area contributed by atoms with Gasteiger partial charge >= 0.3 is 0 Å². The van der Waals surface area contributed by atoms with Crippen LogP contribution in [0.3, 0.4) is 0 Å². The molecule has 2 aromatic heterocycles. The van der Waals surface area contributed by atoms with E-state index in [0.717, 1.165) is 41.9 Å². The van der Waals surface area contributed by atoms with E-state index in [2.05, 4.69) is 41.0 Å². The Morgan fingerprint density at radius 3 is 2.88 bits per heavy atom. The molecule has 1 unspecified atom stereocenters. The van der Waals surface area contributed by atoms with Crippen LogP contribution in [0.15, 0.2) is 47.2 Å². The predicted molar refractivity (Wildman–Crippen MR) is 105 cm³/mol. The third kappa shape index (κ3) is 3.31. The smallest absolute Gasteiger partial charge is 0.254 e. The van der Waals surface area contributed by atoms with Crippen LogP contribution in [0.25, 0.3) is 0 Å². The quantitative estimate of drug-likeness (QED) is 0.678. The Morgan fingerprint density at radius 1 is 1.27 bits per heavy atom. The molecule has 3 heterocycles. The number of hydrogen-bond acceptors (Lipinski definition) is 3. The van der Waals surface area contributed by atoms with Gasteiger partial charge in [0.15, 0.2) is 0 Å². The normalized spacial score (nSPS) is 17.0. The van der Waals surface area contributed by atoms with E-state index in [1.165, 1.54) is 5.56 Å². The number of aryl methyl sites for hydroxylation is 2. The molecule has 0 saturated carbocycles. The SMILES string of the molecule is Cc1cc(C)n(Cc2cccc(C(=O)N3CCCC3c3ccsc3)c2)n1. The number of likely N-dealkylation sites (tertiary alicyclic amines) is 1. The Labute approximate surface area is 158 Å². The Balaban J connectivity index is 1.56. The van der Waals surface area contributed by atoms with Crippen LogP contribution in [0.2, 0.25) is 0 Å². The van der Waals surface area contributed by atoms with Crippen molar-refractivity contribution >= 4 is 17.2 Å². The number of amides is 1. The van der Waals surface area contributed by atoms with Crippen molar-refractivity contribution in [1.29, 1.82) is 0 Å². The first kappa shape index (κ1) is 17.0. The first-order chi connectivity index (χ1) is 12.6. The number of hydrogen-bond donors (Lipinski definition) is 0. The molecule has 0 radical (unpaired) electrons. The minimum atomic E-state index is 0.133. The second-order valence-electron chi connectivity index (χ2n) is 7.00. The van der Waals surface area contributed by atoms with Crippen LogP contribution in [-0.2, 0) is 6.54 Å². The largest absolute Gasteiger partial charge is 0.332 e. The zero-order chi connectivity index (χ0) is 18.1. The molecule has 3 aromatic rings. The fraction of sp³-hybridized carbons (Fsp3) is 0.333. The lowest BCUT2D eigenvalue weighted by Crippen LogP contribution is -2.30. The van der Waals surface area contributed by atoms with Crippen LogP contribution in [0.1, 0.15) is 51.8 Å². The highest BCUT2D eigenvalue weighted by Gasteiger charge is 2.30. The van der Waals surface area contributed by atoms with Gasteiger partial charge in [-0.3, -0.25) is 9.48 Å². The lowest BCUT2D eigenvalue weighted by Gasteiger charge is -2.24. The molecule has 1 amide bonds. The van der Waals surface area contributed by atoms with Crippen molar-refractivity contribution < 1.29 is 4.79 Å². The minimum Gasteiger partial charge on any atom is -0.332 e. The highest BCUT2D eigenvalue weighted by atomic mass is 32.1. The average Bonchev–Trinajstić information content (AvgIpc) is 3.36. The van der Waals surface area contributed by atoms with E-state index in [0.29, 0.717) is 6.54 Å². The van der Waals surface area contributed by atoms with Gasteiger partial charge < -0.3 is 4.90 Å². The summed E-state index contributed by atoms with van der Waals surface area (Å²) in [6.45, 7) is 5.59.